The van der Waals surface area contributed by atoms with Crippen LogP contribution in [0.2, 0.25) is 0 Å². The molecule has 0 aromatic rings. The Kier molecular flexibility index (Phi) is 4.58. The van der Waals surface area contributed by atoms with Crippen molar-refractivity contribution < 1.29 is 4.74 Å². The second-order valence-corrected chi connectivity index (χ2v) is 5.22. The van der Waals surface area contributed by atoms with Gasteiger partial charge in [0, 0.05) is 25.2 Å². The maximum Gasteiger partial charge on any atom is 0.0620 e. The van der Waals surface area contributed by atoms with Gasteiger partial charge >= 0.3 is 0 Å². The molecule has 0 aliphatic carbocycles. The van der Waals surface area contributed by atoms with E-state index in [2.05, 4.69) is 29.2 Å². The lowest BCUT2D eigenvalue weighted by atomic mass is 10.2. The number of likely N-dealkylation sites (tertiary alicyclic amines) is 1. The van der Waals surface area contributed by atoms with Crippen LogP contribution in [-0.2, 0) is 4.74 Å². The highest BCUT2D eigenvalue weighted by molar-refractivity contribution is 4.82. The van der Waals surface area contributed by atoms with Gasteiger partial charge in [-0.25, -0.2) is 0 Å². The average molecular weight is 227 g/mol. The largest absolute Gasteiger partial charge is 0.379 e. The highest BCUT2D eigenvalue weighted by Gasteiger charge is 2.24. The standard InChI is InChI=1S/C12H25N3O/c1-14(2)12-4-7-15(9-12)6-3-11-10-16-8-5-13-11/h11-13H,3-10H2,1-2H3. The van der Waals surface area contributed by atoms with E-state index >= 15 is 0 Å². The van der Waals surface area contributed by atoms with E-state index in [1.165, 1.54) is 32.5 Å². The lowest BCUT2D eigenvalue weighted by Gasteiger charge is -2.26. The first-order valence-electron chi connectivity index (χ1n) is 6.45. The minimum Gasteiger partial charge on any atom is -0.379 e. The van der Waals surface area contributed by atoms with Crippen LogP contribution in [0.25, 0.3) is 0 Å². The van der Waals surface area contributed by atoms with Crippen LogP contribution in [0.4, 0.5) is 0 Å². The Hall–Kier alpha value is -0.160. The molecule has 94 valence electrons. The number of nitrogens with one attached hydrogen (secondary N) is 1. The molecule has 4 heteroatoms. The first-order valence-corrected chi connectivity index (χ1v) is 6.45. The van der Waals surface area contributed by atoms with E-state index in [0.29, 0.717) is 6.04 Å². The SMILES string of the molecule is CN(C)C1CCN(CCC2COCCN2)C1. The van der Waals surface area contributed by atoms with E-state index in [0.717, 1.165) is 25.8 Å². The van der Waals surface area contributed by atoms with Crippen molar-refractivity contribution in [3.63, 3.8) is 0 Å². The topological polar surface area (TPSA) is 27.7 Å². The molecule has 2 heterocycles. The number of morpholine rings is 1. The summed E-state index contributed by atoms with van der Waals surface area (Å²) in [7, 11) is 4.37. The highest BCUT2D eigenvalue weighted by atomic mass is 16.5. The van der Waals surface area contributed by atoms with Crippen LogP contribution in [0.1, 0.15) is 12.8 Å². The van der Waals surface area contributed by atoms with E-state index in [4.69, 9.17) is 4.74 Å². The molecule has 0 bridgehead atoms. The second kappa shape index (κ2) is 5.96. The second-order valence-electron chi connectivity index (χ2n) is 5.22. The number of nitrogens with zero attached hydrogens (tertiary/aromatic N) is 2. The Bertz CT molecular complexity index is 204. The molecule has 0 amide bonds. The summed E-state index contributed by atoms with van der Waals surface area (Å²) in [5.74, 6) is 0. The molecule has 0 saturated carbocycles. The van der Waals surface area contributed by atoms with Gasteiger partial charge in [0.05, 0.1) is 13.2 Å². The zero-order chi connectivity index (χ0) is 11.4. The average Bonchev–Trinajstić information content (AvgIpc) is 2.76. The number of likely N-dealkylation sites (N-methyl/N-ethyl adjacent to an activating group) is 1. The normalized spacial score (nSPS) is 32.4. The van der Waals surface area contributed by atoms with Gasteiger partial charge in [0.15, 0.2) is 0 Å². The Balaban J connectivity index is 1.63. The lowest BCUT2D eigenvalue weighted by molar-refractivity contribution is 0.0707. The van der Waals surface area contributed by atoms with Crippen LogP contribution in [0.15, 0.2) is 0 Å². The third-order valence-corrected chi connectivity index (χ3v) is 3.77. The Morgan fingerprint density at radius 3 is 2.94 bits per heavy atom. The van der Waals surface area contributed by atoms with Crippen molar-refractivity contribution in [2.24, 2.45) is 0 Å². The lowest BCUT2D eigenvalue weighted by Crippen LogP contribution is -2.43. The molecule has 2 aliphatic heterocycles. The Labute approximate surface area is 98.9 Å². The Morgan fingerprint density at radius 1 is 1.44 bits per heavy atom. The highest BCUT2D eigenvalue weighted by Crippen LogP contribution is 2.14. The smallest absolute Gasteiger partial charge is 0.0620 e. The molecular weight excluding hydrogens is 202 g/mol. The molecule has 0 aromatic carbocycles. The summed E-state index contributed by atoms with van der Waals surface area (Å²) in [4.78, 5) is 4.93. The van der Waals surface area contributed by atoms with Crippen molar-refractivity contribution in [2.45, 2.75) is 24.9 Å². The molecular formula is C12H25N3O. The predicted molar refractivity (Wildman–Crippen MR) is 65.8 cm³/mol. The van der Waals surface area contributed by atoms with E-state index in [-0.39, 0.29) is 0 Å². The van der Waals surface area contributed by atoms with Crippen molar-refractivity contribution in [1.82, 2.24) is 15.1 Å². The summed E-state index contributed by atoms with van der Waals surface area (Å²) in [5, 5.41) is 3.51. The van der Waals surface area contributed by atoms with E-state index < -0.39 is 0 Å². The molecule has 0 spiro atoms. The van der Waals surface area contributed by atoms with Gasteiger partial charge < -0.3 is 19.9 Å². The zero-order valence-electron chi connectivity index (χ0n) is 10.6. The summed E-state index contributed by atoms with van der Waals surface area (Å²) < 4.78 is 5.47. The van der Waals surface area contributed by atoms with E-state index in [1.807, 2.05) is 0 Å². The van der Waals surface area contributed by atoms with Gasteiger partial charge in [-0.2, -0.15) is 0 Å². The Morgan fingerprint density at radius 2 is 2.31 bits per heavy atom. The van der Waals surface area contributed by atoms with Gasteiger partial charge in [0.25, 0.3) is 0 Å². The summed E-state index contributed by atoms with van der Waals surface area (Å²) in [5.41, 5.74) is 0. The maximum atomic E-state index is 5.47. The number of ether oxygens (including phenoxy) is 1. The third kappa shape index (κ3) is 3.42. The van der Waals surface area contributed by atoms with Crippen LogP contribution >= 0.6 is 0 Å². The van der Waals surface area contributed by atoms with E-state index in [1.54, 1.807) is 0 Å². The maximum absolute atomic E-state index is 5.47. The quantitative estimate of drug-likeness (QED) is 0.732. The van der Waals surface area contributed by atoms with Crippen LogP contribution in [-0.4, -0.2) is 75.4 Å². The predicted octanol–water partition coefficient (Wildman–Crippen LogP) is 0.000800. The fourth-order valence-electron chi connectivity index (χ4n) is 2.58. The summed E-state index contributed by atoms with van der Waals surface area (Å²) in [6.45, 7) is 6.50. The van der Waals surface area contributed by atoms with Crippen molar-refractivity contribution in [1.29, 1.82) is 0 Å². The molecule has 0 aromatic heterocycles. The van der Waals surface area contributed by atoms with Crippen molar-refractivity contribution in [2.75, 3.05) is 53.5 Å². The van der Waals surface area contributed by atoms with Gasteiger partial charge in [0.2, 0.25) is 0 Å². The monoisotopic (exact) mass is 227 g/mol. The molecule has 2 unspecified atom stereocenters. The summed E-state index contributed by atoms with van der Waals surface area (Å²) in [6, 6.07) is 1.34. The first kappa shape index (κ1) is 12.3. The number of hydrogen-bond acceptors (Lipinski definition) is 4. The number of rotatable bonds is 4. The molecule has 2 atom stereocenters. The molecule has 2 rings (SSSR count). The minimum absolute atomic E-state index is 0.576. The minimum atomic E-state index is 0.576. The van der Waals surface area contributed by atoms with Gasteiger partial charge in [-0.1, -0.05) is 0 Å². The first-order chi connectivity index (χ1) is 7.75. The summed E-state index contributed by atoms with van der Waals surface area (Å²) in [6.07, 6.45) is 2.54. The fraction of sp³-hybridized carbons (Fsp3) is 1.00. The zero-order valence-corrected chi connectivity index (χ0v) is 10.6. The third-order valence-electron chi connectivity index (χ3n) is 3.77. The fourth-order valence-corrected chi connectivity index (χ4v) is 2.58. The molecule has 1 N–H and O–H groups in total. The van der Waals surface area contributed by atoms with Gasteiger partial charge in [-0.3, -0.25) is 0 Å². The molecule has 16 heavy (non-hydrogen) atoms. The van der Waals surface area contributed by atoms with Gasteiger partial charge in [-0.15, -0.1) is 0 Å². The van der Waals surface area contributed by atoms with Gasteiger partial charge in [0.1, 0.15) is 0 Å². The van der Waals surface area contributed by atoms with Crippen LogP contribution < -0.4 is 5.32 Å². The van der Waals surface area contributed by atoms with Crippen LogP contribution in [0.5, 0.6) is 0 Å². The summed E-state index contributed by atoms with van der Waals surface area (Å²) >= 11 is 0. The molecule has 2 aliphatic rings. The van der Waals surface area contributed by atoms with Gasteiger partial charge in [-0.05, 0) is 40.0 Å². The molecule has 4 nitrogen and oxygen atoms in total. The number of hydrogen-bond donors (Lipinski definition) is 1. The molecule has 2 fully saturated rings. The van der Waals surface area contributed by atoms with Crippen LogP contribution in [0.3, 0.4) is 0 Å². The van der Waals surface area contributed by atoms with Crippen molar-refractivity contribution >= 4 is 0 Å². The molecule has 2 saturated heterocycles. The molecule has 0 radical (unpaired) electrons. The van der Waals surface area contributed by atoms with Crippen molar-refractivity contribution in [3.8, 4) is 0 Å². The van der Waals surface area contributed by atoms with Crippen molar-refractivity contribution in [3.05, 3.63) is 0 Å². The van der Waals surface area contributed by atoms with E-state index in [9.17, 15) is 0 Å². The van der Waals surface area contributed by atoms with Crippen LogP contribution in [0, 0.1) is 0 Å².